The molecule has 12 nitrogen and oxygen atoms in total. The molecule has 0 bridgehead atoms. The third kappa shape index (κ3) is 11.4. The largest absolute Gasteiger partial charge is 0.444 e. The van der Waals surface area contributed by atoms with Gasteiger partial charge in [0.05, 0.1) is 19.5 Å². The lowest BCUT2D eigenvalue weighted by atomic mass is 9.97. The Morgan fingerprint density at radius 1 is 0.980 bits per heavy atom. The number of carbonyl (C=O) groups is 4. The van der Waals surface area contributed by atoms with Crippen molar-refractivity contribution in [3.63, 3.8) is 0 Å². The molecule has 1 saturated heterocycles. The van der Waals surface area contributed by atoms with Crippen molar-refractivity contribution < 1.29 is 33.0 Å². The number of nitrogens with zero attached hydrogens (tertiary/aromatic N) is 3. The monoisotopic (exact) mass is 694 g/mol. The summed E-state index contributed by atoms with van der Waals surface area (Å²) in [5.41, 5.74) is -0.783. The number of hydrogen-bond donors (Lipinski definition) is 3. The van der Waals surface area contributed by atoms with Crippen molar-refractivity contribution in [2.75, 3.05) is 25.0 Å². The molecule has 0 aliphatic carbocycles. The van der Waals surface area contributed by atoms with Crippen LogP contribution in [-0.4, -0.2) is 75.1 Å². The van der Waals surface area contributed by atoms with Crippen molar-refractivity contribution in [2.45, 2.75) is 91.6 Å². The zero-order valence-corrected chi connectivity index (χ0v) is 29.0. The van der Waals surface area contributed by atoms with E-state index in [1.165, 1.54) is 38.5 Å². The van der Waals surface area contributed by atoms with Gasteiger partial charge in [0.1, 0.15) is 29.0 Å². The molecule has 1 unspecified atom stereocenters. The van der Waals surface area contributed by atoms with Crippen LogP contribution >= 0.6 is 0 Å². The molecular formula is C37H51FN6O6. The molecule has 1 fully saturated rings. The molecule has 1 aliphatic heterocycles. The summed E-state index contributed by atoms with van der Waals surface area (Å²) >= 11 is 0. The molecular weight excluding hydrogens is 643 g/mol. The highest BCUT2D eigenvalue weighted by atomic mass is 19.1. The van der Waals surface area contributed by atoms with Gasteiger partial charge in [-0.25, -0.2) is 14.2 Å². The van der Waals surface area contributed by atoms with Crippen LogP contribution in [0.2, 0.25) is 0 Å². The molecule has 50 heavy (non-hydrogen) atoms. The van der Waals surface area contributed by atoms with Crippen molar-refractivity contribution in [2.24, 2.45) is 5.92 Å². The van der Waals surface area contributed by atoms with Crippen LogP contribution in [0.25, 0.3) is 0 Å². The van der Waals surface area contributed by atoms with Gasteiger partial charge in [-0.2, -0.15) is 0 Å². The van der Waals surface area contributed by atoms with Gasteiger partial charge >= 0.3 is 6.09 Å². The third-order valence-electron chi connectivity index (χ3n) is 8.06. The van der Waals surface area contributed by atoms with Gasteiger partial charge in [0.25, 0.3) is 5.91 Å². The number of aromatic nitrogens is 2. The van der Waals surface area contributed by atoms with Gasteiger partial charge < -0.3 is 34.9 Å². The Bertz CT molecular complexity index is 1580. The smallest absolute Gasteiger partial charge is 0.408 e. The minimum atomic E-state index is -1.45. The summed E-state index contributed by atoms with van der Waals surface area (Å²) in [6, 6.07) is 13.0. The van der Waals surface area contributed by atoms with E-state index in [-0.39, 0.29) is 32.4 Å². The molecule has 2 heterocycles. The fourth-order valence-corrected chi connectivity index (χ4v) is 5.25. The van der Waals surface area contributed by atoms with Crippen LogP contribution < -0.4 is 16.0 Å². The second kappa shape index (κ2) is 17.2. The highest BCUT2D eigenvalue weighted by Crippen LogP contribution is 2.26. The van der Waals surface area contributed by atoms with E-state index in [1.54, 1.807) is 42.4 Å². The Balaban J connectivity index is 0.00000676. The third-order valence-corrected chi connectivity index (χ3v) is 8.06. The molecule has 272 valence electrons. The number of benzene rings is 2. The predicted octanol–water partition coefficient (Wildman–Crippen LogP) is 5.45. The van der Waals surface area contributed by atoms with E-state index in [9.17, 15) is 23.6 Å². The van der Waals surface area contributed by atoms with Gasteiger partial charge in [0.15, 0.2) is 5.82 Å². The SMILES string of the molecule is C.CC1CCN(C(=O)C(c2ccc(F)cc2)n2cnc(NC(=O)[C@@H](COCc3ccccc3)NC(=O)C(C)(C)NC(=O)OC(C)(C)C)c2)CC1. The van der Waals surface area contributed by atoms with Gasteiger partial charge in [-0.05, 0) is 76.6 Å². The van der Waals surface area contributed by atoms with Crippen LogP contribution in [-0.2, 0) is 30.5 Å². The molecule has 0 saturated carbocycles. The Morgan fingerprint density at radius 3 is 2.24 bits per heavy atom. The average molecular weight is 695 g/mol. The number of anilines is 1. The molecule has 0 spiro atoms. The molecule has 0 radical (unpaired) electrons. The number of rotatable bonds is 12. The quantitative estimate of drug-likeness (QED) is 0.229. The fourth-order valence-electron chi connectivity index (χ4n) is 5.25. The van der Waals surface area contributed by atoms with E-state index >= 15 is 0 Å². The van der Waals surface area contributed by atoms with Crippen molar-refractivity contribution in [3.8, 4) is 0 Å². The van der Waals surface area contributed by atoms with Crippen LogP contribution in [0.5, 0.6) is 0 Å². The van der Waals surface area contributed by atoms with Gasteiger partial charge in [-0.3, -0.25) is 14.4 Å². The summed E-state index contributed by atoms with van der Waals surface area (Å²) in [7, 11) is 0. The lowest BCUT2D eigenvalue weighted by Crippen LogP contribution is -2.59. The number of hydrogen-bond acceptors (Lipinski definition) is 7. The standard InChI is InChI=1S/C36H47FN6O6.CH4/c1-24-16-18-42(19-17-24)32(45)30(26-12-14-27(37)15-13-26)43-20-29(38-23-43)40-31(44)28(22-48-21-25-10-8-7-9-11-25)39-33(46)36(5,6)41-34(47)49-35(2,3)4;/h7-15,20,23-24,28,30H,16-19,21-22H2,1-6H3,(H,39,46)(H,40,44)(H,41,47);1H4/t28-,30?;/m1./s1. The van der Waals surface area contributed by atoms with E-state index in [2.05, 4.69) is 27.9 Å². The summed E-state index contributed by atoms with van der Waals surface area (Å²) < 4.78 is 26.5. The van der Waals surface area contributed by atoms with Crippen LogP contribution in [0.4, 0.5) is 15.0 Å². The summed E-state index contributed by atoms with van der Waals surface area (Å²) in [5.74, 6) is -1.21. The molecule has 4 amide bonds. The van der Waals surface area contributed by atoms with Crippen LogP contribution in [0.15, 0.2) is 67.1 Å². The molecule has 13 heteroatoms. The van der Waals surface area contributed by atoms with Gasteiger partial charge in [-0.15, -0.1) is 0 Å². The van der Waals surface area contributed by atoms with E-state index in [1.807, 2.05) is 30.3 Å². The van der Waals surface area contributed by atoms with Crippen molar-refractivity contribution >= 4 is 29.6 Å². The zero-order chi connectivity index (χ0) is 35.8. The summed E-state index contributed by atoms with van der Waals surface area (Å²) in [6.45, 7) is 11.5. The first-order chi connectivity index (χ1) is 23.1. The minimum Gasteiger partial charge on any atom is -0.444 e. The summed E-state index contributed by atoms with van der Waals surface area (Å²) in [5, 5.41) is 7.94. The Hall–Kier alpha value is -4.78. The number of ether oxygens (including phenoxy) is 2. The lowest BCUT2D eigenvalue weighted by molar-refractivity contribution is -0.135. The maximum atomic E-state index is 13.8. The van der Waals surface area contributed by atoms with E-state index < -0.39 is 46.9 Å². The lowest BCUT2D eigenvalue weighted by Gasteiger charge is -2.33. The van der Waals surface area contributed by atoms with Crippen LogP contribution in [0, 0.1) is 11.7 Å². The van der Waals surface area contributed by atoms with Crippen molar-refractivity contribution in [1.29, 1.82) is 0 Å². The number of amides is 4. The maximum absolute atomic E-state index is 13.8. The van der Waals surface area contributed by atoms with Gasteiger partial charge in [0.2, 0.25) is 11.8 Å². The number of carbonyl (C=O) groups excluding carboxylic acids is 4. The number of alkyl carbamates (subject to hydrolysis) is 1. The summed E-state index contributed by atoms with van der Waals surface area (Å²) in [4.78, 5) is 59.4. The molecule has 2 atom stereocenters. The molecule has 4 rings (SSSR count). The van der Waals surface area contributed by atoms with Crippen LogP contribution in [0.1, 0.15) is 79.0 Å². The second-order valence-electron chi connectivity index (χ2n) is 13.9. The highest BCUT2D eigenvalue weighted by molar-refractivity contribution is 5.98. The average Bonchev–Trinajstić information content (AvgIpc) is 3.48. The minimum absolute atomic E-state index is 0. The molecule has 1 aromatic heterocycles. The second-order valence-corrected chi connectivity index (χ2v) is 13.9. The van der Waals surface area contributed by atoms with Gasteiger partial charge in [-0.1, -0.05) is 56.8 Å². The highest BCUT2D eigenvalue weighted by Gasteiger charge is 2.35. The first kappa shape index (κ1) is 39.7. The number of nitrogens with one attached hydrogen (secondary N) is 3. The number of halogens is 1. The number of piperidine rings is 1. The first-order valence-electron chi connectivity index (χ1n) is 16.4. The van der Waals surface area contributed by atoms with Crippen LogP contribution in [0.3, 0.4) is 0 Å². The summed E-state index contributed by atoms with van der Waals surface area (Å²) in [6.07, 6.45) is 3.94. The zero-order valence-electron chi connectivity index (χ0n) is 29.0. The maximum Gasteiger partial charge on any atom is 0.408 e. The van der Waals surface area contributed by atoms with E-state index in [0.717, 1.165) is 18.4 Å². The van der Waals surface area contributed by atoms with Crippen molar-refractivity contribution in [3.05, 3.63) is 84.1 Å². The first-order valence-corrected chi connectivity index (χ1v) is 16.4. The van der Waals surface area contributed by atoms with E-state index in [0.29, 0.717) is 24.6 Å². The van der Waals surface area contributed by atoms with Gasteiger partial charge in [0, 0.05) is 19.3 Å². The Morgan fingerprint density at radius 2 is 1.62 bits per heavy atom. The van der Waals surface area contributed by atoms with Crippen molar-refractivity contribution in [1.82, 2.24) is 25.1 Å². The molecule has 3 N–H and O–H groups in total. The predicted molar refractivity (Wildman–Crippen MR) is 189 cm³/mol. The molecule has 3 aromatic rings. The molecule has 2 aromatic carbocycles. The topological polar surface area (TPSA) is 144 Å². The Kier molecular flexibility index (Phi) is 13.7. The Labute approximate surface area is 294 Å². The number of likely N-dealkylation sites (tertiary alicyclic amines) is 1. The number of imidazole rings is 1. The fraction of sp³-hybridized carbons (Fsp3) is 0.486. The normalized spacial score (nSPS) is 14.9. The van der Waals surface area contributed by atoms with E-state index in [4.69, 9.17) is 9.47 Å². The molecule has 1 aliphatic rings.